The van der Waals surface area contributed by atoms with Crippen molar-refractivity contribution in [2.45, 2.75) is 6.42 Å². The van der Waals surface area contributed by atoms with Crippen LogP contribution in [-0.4, -0.2) is 11.5 Å². The van der Waals surface area contributed by atoms with Crippen molar-refractivity contribution in [3.63, 3.8) is 0 Å². The predicted molar refractivity (Wildman–Crippen MR) is 72.6 cm³/mol. The van der Waals surface area contributed by atoms with E-state index in [2.05, 4.69) is 16.4 Å². The largest absolute Gasteiger partial charge is 0.384 e. The first-order valence-corrected chi connectivity index (χ1v) is 6.00. The lowest BCUT2D eigenvalue weighted by Gasteiger charge is -2.08. The van der Waals surface area contributed by atoms with Gasteiger partial charge in [-0.2, -0.15) is 5.26 Å². The number of benzene rings is 1. The number of pyridine rings is 1. The number of rotatable bonds is 4. The van der Waals surface area contributed by atoms with Gasteiger partial charge in [-0.1, -0.05) is 11.6 Å². The molecule has 0 spiro atoms. The van der Waals surface area contributed by atoms with Gasteiger partial charge in [-0.15, -0.1) is 0 Å². The van der Waals surface area contributed by atoms with Crippen LogP contribution >= 0.6 is 11.6 Å². The summed E-state index contributed by atoms with van der Waals surface area (Å²) >= 11 is 5.84. The number of anilines is 1. The summed E-state index contributed by atoms with van der Waals surface area (Å²) in [6, 6.07) is 11.4. The zero-order chi connectivity index (χ0) is 12.8. The lowest BCUT2D eigenvalue weighted by molar-refractivity contribution is 1.01. The van der Waals surface area contributed by atoms with E-state index in [0.717, 1.165) is 18.7 Å². The monoisotopic (exact) mass is 257 g/mol. The molecule has 0 saturated heterocycles. The Morgan fingerprint density at radius 2 is 2.00 bits per heavy atom. The van der Waals surface area contributed by atoms with Gasteiger partial charge in [0.2, 0.25) is 0 Å². The molecule has 0 bridgehead atoms. The molecule has 0 fully saturated rings. The maximum Gasteiger partial charge on any atom is 0.101 e. The molecule has 4 heteroatoms. The fourth-order valence-electron chi connectivity index (χ4n) is 1.65. The van der Waals surface area contributed by atoms with E-state index >= 15 is 0 Å². The molecule has 2 rings (SSSR count). The third-order valence-electron chi connectivity index (χ3n) is 2.58. The zero-order valence-corrected chi connectivity index (χ0v) is 10.5. The quantitative estimate of drug-likeness (QED) is 0.915. The van der Waals surface area contributed by atoms with Gasteiger partial charge in [-0.05, 0) is 42.3 Å². The van der Waals surface area contributed by atoms with Crippen molar-refractivity contribution in [1.82, 2.24) is 4.98 Å². The summed E-state index contributed by atoms with van der Waals surface area (Å²) in [4.78, 5) is 3.97. The highest BCUT2D eigenvalue weighted by atomic mass is 35.5. The lowest BCUT2D eigenvalue weighted by Crippen LogP contribution is -2.06. The standard InChI is InChI=1S/C14H12ClN3/c15-13-1-2-14(12(9-13)10-16)18-8-5-11-3-6-17-7-4-11/h1-4,6-7,9,18H,5,8H2. The summed E-state index contributed by atoms with van der Waals surface area (Å²) < 4.78 is 0. The second-order valence-electron chi connectivity index (χ2n) is 3.83. The summed E-state index contributed by atoms with van der Waals surface area (Å²) in [5, 5.41) is 12.8. The van der Waals surface area contributed by atoms with E-state index in [-0.39, 0.29) is 0 Å². The number of hydrogen-bond donors (Lipinski definition) is 1. The van der Waals surface area contributed by atoms with E-state index in [0.29, 0.717) is 10.6 Å². The van der Waals surface area contributed by atoms with Crippen LogP contribution in [0.25, 0.3) is 0 Å². The number of nitriles is 1. The van der Waals surface area contributed by atoms with E-state index in [4.69, 9.17) is 16.9 Å². The Labute approximate surface area is 111 Å². The fraction of sp³-hybridized carbons (Fsp3) is 0.143. The average molecular weight is 258 g/mol. The molecule has 0 unspecified atom stereocenters. The fourth-order valence-corrected chi connectivity index (χ4v) is 1.83. The Hall–Kier alpha value is -2.05. The molecular formula is C14H12ClN3. The number of hydrogen-bond acceptors (Lipinski definition) is 3. The Morgan fingerprint density at radius 1 is 1.22 bits per heavy atom. The zero-order valence-electron chi connectivity index (χ0n) is 9.73. The molecule has 18 heavy (non-hydrogen) atoms. The van der Waals surface area contributed by atoms with Crippen LogP contribution in [0.15, 0.2) is 42.7 Å². The second-order valence-corrected chi connectivity index (χ2v) is 4.27. The molecule has 90 valence electrons. The highest BCUT2D eigenvalue weighted by Gasteiger charge is 2.02. The molecule has 0 aliphatic rings. The van der Waals surface area contributed by atoms with Gasteiger partial charge in [-0.3, -0.25) is 4.98 Å². The molecule has 1 aromatic carbocycles. The molecular weight excluding hydrogens is 246 g/mol. The van der Waals surface area contributed by atoms with Gasteiger partial charge in [0.05, 0.1) is 11.3 Å². The molecule has 1 aromatic heterocycles. The SMILES string of the molecule is N#Cc1cc(Cl)ccc1NCCc1ccncc1. The van der Waals surface area contributed by atoms with Crippen molar-refractivity contribution < 1.29 is 0 Å². The van der Waals surface area contributed by atoms with Crippen LogP contribution in [0.1, 0.15) is 11.1 Å². The summed E-state index contributed by atoms with van der Waals surface area (Å²) in [6.07, 6.45) is 4.44. The maximum atomic E-state index is 9.00. The van der Waals surface area contributed by atoms with Crippen molar-refractivity contribution in [3.05, 3.63) is 58.9 Å². The highest BCUT2D eigenvalue weighted by Crippen LogP contribution is 2.19. The molecule has 1 heterocycles. The maximum absolute atomic E-state index is 9.00. The van der Waals surface area contributed by atoms with Crippen molar-refractivity contribution in [2.24, 2.45) is 0 Å². The first-order chi connectivity index (χ1) is 8.79. The molecule has 0 atom stereocenters. The summed E-state index contributed by atoms with van der Waals surface area (Å²) in [5.74, 6) is 0. The van der Waals surface area contributed by atoms with Crippen molar-refractivity contribution in [1.29, 1.82) is 5.26 Å². The summed E-state index contributed by atoms with van der Waals surface area (Å²) in [5.41, 5.74) is 2.60. The Kier molecular flexibility index (Phi) is 4.16. The van der Waals surface area contributed by atoms with Crippen molar-refractivity contribution in [2.75, 3.05) is 11.9 Å². The Balaban J connectivity index is 1.97. The average Bonchev–Trinajstić information content (AvgIpc) is 2.41. The molecule has 1 N–H and O–H groups in total. The molecule has 0 radical (unpaired) electrons. The van der Waals surface area contributed by atoms with E-state index in [1.54, 1.807) is 24.5 Å². The van der Waals surface area contributed by atoms with Crippen molar-refractivity contribution >= 4 is 17.3 Å². The number of nitrogens with one attached hydrogen (secondary N) is 1. The molecule has 0 aliphatic carbocycles. The van der Waals surface area contributed by atoms with Gasteiger partial charge in [-0.25, -0.2) is 0 Å². The molecule has 3 nitrogen and oxygen atoms in total. The Morgan fingerprint density at radius 3 is 2.72 bits per heavy atom. The summed E-state index contributed by atoms with van der Waals surface area (Å²) in [7, 11) is 0. The van der Waals surface area contributed by atoms with Crippen LogP contribution < -0.4 is 5.32 Å². The van der Waals surface area contributed by atoms with Crippen LogP contribution in [0.2, 0.25) is 5.02 Å². The molecule has 0 aliphatic heterocycles. The third-order valence-corrected chi connectivity index (χ3v) is 2.82. The number of nitrogens with zero attached hydrogens (tertiary/aromatic N) is 2. The van der Waals surface area contributed by atoms with Crippen LogP contribution in [0.3, 0.4) is 0 Å². The minimum absolute atomic E-state index is 0.567. The number of halogens is 1. The van der Waals surface area contributed by atoms with E-state index in [1.807, 2.05) is 18.2 Å². The van der Waals surface area contributed by atoms with Gasteiger partial charge < -0.3 is 5.32 Å². The molecule has 2 aromatic rings. The van der Waals surface area contributed by atoms with Crippen molar-refractivity contribution in [3.8, 4) is 6.07 Å². The highest BCUT2D eigenvalue weighted by molar-refractivity contribution is 6.30. The van der Waals surface area contributed by atoms with Crippen LogP contribution in [-0.2, 0) is 6.42 Å². The second kappa shape index (κ2) is 6.04. The lowest BCUT2D eigenvalue weighted by atomic mass is 10.1. The van der Waals surface area contributed by atoms with Crippen LogP contribution in [0, 0.1) is 11.3 Å². The van der Waals surface area contributed by atoms with Gasteiger partial charge in [0, 0.05) is 24.0 Å². The first kappa shape index (κ1) is 12.4. The third kappa shape index (κ3) is 3.22. The van der Waals surface area contributed by atoms with Gasteiger partial charge in [0.1, 0.15) is 6.07 Å². The smallest absolute Gasteiger partial charge is 0.101 e. The minimum Gasteiger partial charge on any atom is -0.384 e. The Bertz CT molecular complexity index is 561. The van der Waals surface area contributed by atoms with Crippen LogP contribution in [0.5, 0.6) is 0 Å². The van der Waals surface area contributed by atoms with E-state index < -0.39 is 0 Å². The van der Waals surface area contributed by atoms with Gasteiger partial charge >= 0.3 is 0 Å². The molecule has 0 saturated carbocycles. The molecule has 0 amide bonds. The number of aromatic nitrogens is 1. The summed E-state index contributed by atoms with van der Waals surface area (Å²) in [6.45, 7) is 0.764. The van der Waals surface area contributed by atoms with E-state index in [9.17, 15) is 0 Å². The van der Waals surface area contributed by atoms with Gasteiger partial charge in [0.15, 0.2) is 0 Å². The first-order valence-electron chi connectivity index (χ1n) is 5.62. The van der Waals surface area contributed by atoms with E-state index in [1.165, 1.54) is 5.56 Å². The minimum atomic E-state index is 0.567. The predicted octanol–water partition coefficient (Wildman–Crippen LogP) is 3.26. The van der Waals surface area contributed by atoms with Gasteiger partial charge in [0.25, 0.3) is 0 Å². The topological polar surface area (TPSA) is 48.7 Å². The normalized spacial score (nSPS) is 9.78. The van der Waals surface area contributed by atoms with Crippen LogP contribution in [0.4, 0.5) is 5.69 Å².